The van der Waals surface area contributed by atoms with E-state index in [1.807, 2.05) is 0 Å². The summed E-state index contributed by atoms with van der Waals surface area (Å²) in [5.74, 6) is -1.05. The Kier molecular flexibility index (Phi) is 3.46. The number of aliphatic hydroxyl groups excluding tert-OH is 1. The third kappa shape index (κ3) is 1.72. The number of hydrogen-bond acceptors (Lipinski definition) is 4. The minimum Gasteiger partial charge on any atom is -0.465 e. The highest BCUT2D eigenvalue weighted by Gasteiger charge is 2.48. The highest BCUT2D eigenvalue weighted by atomic mass is 16.5. The summed E-state index contributed by atoms with van der Waals surface area (Å²) in [7, 11) is 0. The normalized spacial score (nSPS) is 26.9. The summed E-state index contributed by atoms with van der Waals surface area (Å²) in [6.07, 6.45) is 1.04. The van der Waals surface area contributed by atoms with Crippen LogP contribution in [0.2, 0.25) is 0 Å². The van der Waals surface area contributed by atoms with Gasteiger partial charge in [0.2, 0.25) is 5.91 Å². The van der Waals surface area contributed by atoms with Crippen molar-refractivity contribution < 1.29 is 19.4 Å². The van der Waals surface area contributed by atoms with Crippen molar-refractivity contribution in [1.82, 2.24) is 5.32 Å². The molecule has 0 aromatic heterocycles. The topological polar surface area (TPSA) is 75.6 Å². The molecule has 2 N–H and O–H groups in total. The molecule has 0 bridgehead atoms. The van der Waals surface area contributed by atoms with E-state index in [2.05, 4.69) is 5.32 Å². The van der Waals surface area contributed by atoms with Crippen LogP contribution in [-0.4, -0.2) is 36.7 Å². The molecule has 0 aromatic rings. The zero-order valence-electron chi connectivity index (χ0n) is 8.21. The van der Waals surface area contributed by atoms with Gasteiger partial charge in [-0.05, 0) is 19.8 Å². The summed E-state index contributed by atoms with van der Waals surface area (Å²) in [4.78, 5) is 23.0. The van der Waals surface area contributed by atoms with Crippen LogP contribution in [0.25, 0.3) is 0 Å². The summed E-state index contributed by atoms with van der Waals surface area (Å²) in [5.41, 5.74) is -1.37. The van der Waals surface area contributed by atoms with Crippen LogP contribution < -0.4 is 5.32 Å². The van der Waals surface area contributed by atoms with Crippen molar-refractivity contribution >= 4 is 11.9 Å². The maximum Gasteiger partial charge on any atom is 0.324 e. The monoisotopic (exact) mass is 201 g/mol. The second-order valence-corrected chi connectivity index (χ2v) is 3.32. The summed E-state index contributed by atoms with van der Waals surface area (Å²) in [6, 6.07) is 0. The number of carbonyl (C=O) groups excluding carboxylic acids is 2. The SMILES string of the molecule is CCOC(=O)C1(CO)CCCNC1=O. The van der Waals surface area contributed by atoms with E-state index >= 15 is 0 Å². The predicted molar refractivity (Wildman–Crippen MR) is 48.4 cm³/mol. The van der Waals surface area contributed by atoms with Crippen LogP contribution in [0.4, 0.5) is 0 Å². The fourth-order valence-electron chi connectivity index (χ4n) is 1.55. The molecule has 0 spiro atoms. The van der Waals surface area contributed by atoms with Gasteiger partial charge in [-0.3, -0.25) is 9.59 Å². The lowest BCUT2D eigenvalue weighted by Gasteiger charge is -2.31. The first-order valence-corrected chi connectivity index (χ1v) is 4.74. The molecule has 1 aliphatic rings. The zero-order valence-corrected chi connectivity index (χ0v) is 8.21. The lowest BCUT2D eigenvalue weighted by atomic mass is 9.80. The van der Waals surface area contributed by atoms with Gasteiger partial charge in [-0.1, -0.05) is 0 Å². The van der Waals surface area contributed by atoms with E-state index in [1.165, 1.54) is 0 Å². The maximum absolute atomic E-state index is 11.5. The van der Waals surface area contributed by atoms with Gasteiger partial charge in [-0.15, -0.1) is 0 Å². The van der Waals surface area contributed by atoms with E-state index in [-0.39, 0.29) is 6.61 Å². The van der Waals surface area contributed by atoms with Gasteiger partial charge < -0.3 is 15.2 Å². The first kappa shape index (κ1) is 11.0. The van der Waals surface area contributed by atoms with Crippen LogP contribution in [0.15, 0.2) is 0 Å². The van der Waals surface area contributed by atoms with Crippen molar-refractivity contribution in [3.05, 3.63) is 0 Å². The molecule has 1 aliphatic heterocycles. The average Bonchev–Trinajstić information content (AvgIpc) is 2.19. The molecule has 1 amide bonds. The minimum absolute atomic E-state index is 0.216. The van der Waals surface area contributed by atoms with E-state index in [4.69, 9.17) is 9.84 Å². The number of hydrogen-bond donors (Lipinski definition) is 2. The number of aliphatic hydroxyl groups is 1. The molecule has 0 saturated carbocycles. The molecule has 5 nitrogen and oxygen atoms in total. The first-order valence-electron chi connectivity index (χ1n) is 4.74. The van der Waals surface area contributed by atoms with Crippen LogP contribution in [0.1, 0.15) is 19.8 Å². The molecule has 5 heteroatoms. The second kappa shape index (κ2) is 4.41. The van der Waals surface area contributed by atoms with Crippen molar-refractivity contribution in [2.45, 2.75) is 19.8 Å². The predicted octanol–water partition coefficient (Wildman–Crippen LogP) is -0.562. The van der Waals surface area contributed by atoms with Crippen molar-refractivity contribution in [3.63, 3.8) is 0 Å². The molecular weight excluding hydrogens is 186 g/mol. The maximum atomic E-state index is 11.5. The third-order valence-corrected chi connectivity index (χ3v) is 2.44. The average molecular weight is 201 g/mol. The Labute approximate surface area is 82.4 Å². The summed E-state index contributed by atoms with van der Waals surface area (Å²) < 4.78 is 4.79. The van der Waals surface area contributed by atoms with Crippen LogP contribution in [0.3, 0.4) is 0 Å². The highest BCUT2D eigenvalue weighted by molar-refractivity contribution is 6.03. The largest absolute Gasteiger partial charge is 0.465 e. The Balaban J connectivity index is 2.82. The fourth-order valence-corrected chi connectivity index (χ4v) is 1.55. The second-order valence-electron chi connectivity index (χ2n) is 3.32. The van der Waals surface area contributed by atoms with Crippen LogP contribution in [0.5, 0.6) is 0 Å². The molecule has 1 saturated heterocycles. The van der Waals surface area contributed by atoms with Crippen molar-refractivity contribution in [1.29, 1.82) is 0 Å². The Morgan fingerprint density at radius 1 is 1.71 bits per heavy atom. The fraction of sp³-hybridized carbons (Fsp3) is 0.778. The van der Waals surface area contributed by atoms with E-state index < -0.39 is 23.9 Å². The van der Waals surface area contributed by atoms with Crippen LogP contribution in [-0.2, 0) is 14.3 Å². The lowest BCUT2D eigenvalue weighted by molar-refractivity contribution is -0.166. The number of esters is 1. The van der Waals surface area contributed by atoms with Crippen molar-refractivity contribution in [2.24, 2.45) is 5.41 Å². The van der Waals surface area contributed by atoms with E-state index in [0.29, 0.717) is 19.4 Å². The number of nitrogens with one attached hydrogen (secondary N) is 1. The van der Waals surface area contributed by atoms with Crippen LogP contribution in [0, 0.1) is 5.41 Å². The molecule has 1 rings (SSSR count). The van der Waals surface area contributed by atoms with E-state index in [9.17, 15) is 9.59 Å². The van der Waals surface area contributed by atoms with Crippen molar-refractivity contribution in [2.75, 3.05) is 19.8 Å². The van der Waals surface area contributed by atoms with E-state index in [1.54, 1.807) is 6.92 Å². The zero-order chi connectivity index (χ0) is 10.6. The lowest BCUT2D eigenvalue weighted by Crippen LogP contribution is -2.53. The summed E-state index contributed by atoms with van der Waals surface area (Å²) in [5, 5.41) is 11.7. The molecule has 1 unspecified atom stereocenters. The molecule has 0 aliphatic carbocycles. The summed E-state index contributed by atoms with van der Waals surface area (Å²) >= 11 is 0. The summed E-state index contributed by atoms with van der Waals surface area (Å²) in [6.45, 7) is 1.95. The number of carbonyl (C=O) groups is 2. The molecule has 0 aromatic carbocycles. The van der Waals surface area contributed by atoms with Gasteiger partial charge in [-0.25, -0.2) is 0 Å². The number of rotatable bonds is 3. The molecule has 80 valence electrons. The van der Waals surface area contributed by atoms with Gasteiger partial charge in [0.05, 0.1) is 13.2 Å². The van der Waals surface area contributed by atoms with Gasteiger partial charge in [0, 0.05) is 6.54 Å². The molecular formula is C9H15NO4. The van der Waals surface area contributed by atoms with Gasteiger partial charge >= 0.3 is 5.97 Å². The molecule has 1 atom stereocenters. The Morgan fingerprint density at radius 2 is 2.43 bits per heavy atom. The Morgan fingerprint density at radius 3 is 2.93 bits per heavy atom. The van der Waals surface area contributed by atoms with Crippen LogP contribution >= 0.6 is 0 Å². The Bertz CT molecular complexity index is 241. The van der Waals surface area contributed by atoms with Gasteiger partial charge in [0.1, 0.15) is 0 Å². The number of ether oxygens (including phenoxy) is 1. The van der Waals surface area contributed by atoms with Gasteiger partial charge in [0.25, 0.3) is 0 Å². The highest BCUT2D eigenvalue weighted by Crippen LogP contribution is 2.28. The quantitative estimate of drug-likeness (QED) is 0.474. The molecule has 14 heavy (non-hydrogen) atoms. The minimum atomic E-state index is -1.37. The van der Waals surface area contributed by atoms with E-state index in [0.717, 1.165) is 0 Å². The first-order chi connectivity index (χ1) is 6.67. The molecule has 0 radical (unpaired) electrons. The smallest absolute Gasteiger partial charge is 0.324 e. The van der Waals surface area contributed by atoms with Gasteiger partial charge in [0.15, 0.2) is 5.41 Å². The standard InChI is InChI=1S/C9H15NO4/c1-2-14-8(13)9(6-11)4-3-5-10-7(9)12/h11H,2-6H2,1H3,(H,10,12). The van der Waals surface area contributed by atoms with Crippen molar-refractivity contribution in [3.8, 4) is 0 Å². The van der Waals surface area contributed by atoms with Gasteiger partial charge in [-0.2, -0.15) is 0 Å². The third-order valence-electron chi connectivity index (χ3n) is 2.44. The Hall–Kier alpha value is -1.10. The molecule has 1 heterocycles. The number of amides is 1. The molecule has 1 fully saturated rings. The number of piperidine rings is 1.